The highest BCUT2D eigenvalue weighted by atomic mass is 35.5. The molecule has 0 spiro atoms. The number of hydrogen-bond acceptors (Lipinski definition) is 4. The summed E-state index contributed by atoms with van der Waals surface area (Å²) in [5.74, 6) is -0.783. The maximum atomic E-state index is 11.2. The van der Waals surface area contributed by atoms with Crippen LogP contribution in [0.4, 0.5) is 0 Å². The Labute approximate surface area is 137 Å². The van der Waals surface area contributed by atoms with Crippen molar-refractivity contribution in [1.29, 1.82) is 0 Å². The molecule has 2 aromatic rings. The van der Waals surface area contributed by atoms with Gasteiger partial charge in [0.1, 0.15) is 6.04 Å². The lowest BCUT2D eigenvalue weighted by Crippen LogP contribution is -2.35. The molecule has 1 saturated heterocycles. The minimum atomic E-state index is -0.783. The van der Waals surface area contributed by atoms with Crippen LogP contribution in [0.5, 0.6) is 0 Å². The number of aromatic nitrogens is 3. The zero-order valence-electron chi connectivity index (χ0n) is 11.6. The second-order valence-corrected chi connectivity index (χ2v) is 6.03. The normalized spacial score (nSPS) is 18.7. The van der Waals surface area contributed by atoms with Gasteiger partial charge in [-0.1, -0.05) is 28.4 Å². The molecule has 0 amide bonds. The van der Waals surface area contributed by atoms with Crippen molar-refractivity contribution in [3.8, 4) is 5.69 Å². The Bertz CT molecular complexity index is 704. The molecule has 1 aliphatic rings. The number of carboxylic acids is 1. The van der Waals surface area contributed by atoms with Crippen molar-refractivity contribution in [1.82, 2.24) is 19.9 Å². The Kier molecular flexibility index (Phi) is 4.33. The molecule has 116 valence electrons. The largest absolute Gasteiger partial charge is 0.480 e. The molecule has 1 aromatic carbocycles. The van der Waals surface area contributed by atoms with Crippen LogP contribution >= 0.6 is 23.2 Å². The molecular weight excluding hydrogens is 327 g/mol. The lowest BCUT2D eigenvalue weighted by molar-refractivity contribution is -0.142. The second-order valence-electron chi connectivity index (χ2n) is 5.22. The van der Waals surface area contributed by atoms with E-state index in [-0.39, 0.29) is 0 Å². The van der Waals surface area contributed by atoms with Gasteiger partial charge >= 0.3 is 5.97 Å². The van der Waals surface area contributed by atoms with Crippen molar-refractivity contribution in [2.24, 2.45) is 0 Å². The fraction of sp³-hybridized carbons (Fsp3) is 0.357. The zero-order valence-corrected chi connectivity index (χ0v) is 13.1. The summed E-state index contributed by atoms with van der Waals surface area (Å²) >= 11 is 11.9. The first-order chi connectivity index (χ1) is 10.5. The van der Waals surface area contributed by atoms with Crippen LogP contribution in [0, 0.1) is 0 Å². The monoisotopic (exact) mass is 340 g/mol. The van der Waals surface area contributed by atoms with Crippen LogP contribution in [0.25, 0.3) is 5.69 Å². The minimum Gasteiger partial charge on any atom is -0.480 e. The third-order valence-electron chi connectivity index (χ3n) is 3.72. The number of hydrogen-bond donors (Lipinski definition) is 1. The van der Waals surface area contributed by atoms with Crippen LogP contribution in [0.15, 0.2) is 24.4 Å². The van der Waals surface area contributed by atoms with Crippen LogP contribution in [-0.4, -0.2) is 43.6 Å². The predicted molar refractivity (Wildman–Crippen MR) is 82.4 cm³/mol. The Morgan fingerprint density at radius 3 is 2.91 bits per heavy atom. The van der Waals surface area contributed by atoms with Gasteiger partial charge in [0.2, 0.25) is 0 Å². The number of benzene rings is 1. The molecule has 22 heavy (non-hydrogen) atoms. The van der Waals surface area contributed by atoms with Crippen molar-refractivity contribution >= 4 is 29.2 Å². The summed E-state index contributed by atoms with van der Waals surface area (Å²) in [7, 11) is 0. The Hall–Kier alpha value is -1.63. The summed E-state index contributed by atoms with van der Waals surface area (Å²) in [6, 6.07) is 4.76. The van der Waals surface area contributed by atoms with E-state index in [1.54, 1.807) is 29.1 Å². The Morgan fingerprint density at radius 1 is 1.36 bits per heavy atom. The van der Waals surface area contributed by atoms with Crippen LogP contribution in [0.2, 0.25) is 10.0 Å². The van der Waals surface area contributed by atoms with Gasteiger partial charge in [-0.3, -0.25) is 9.69 Å². The lowest BCUT2D eigenvalue weighted by Gasteiger charge is -2.19. The number of likely N-dealkylation sites (tertiary alicyclic amines) is 1. The van der Waals surface area contributed by atoms with E-state index in [1.165, 1.54) is 0 Å². The summed E-state index contributed by atoms with van der Waals surface area (Å²) in [5, 5.41) is 18.3. The number of carbonyl (C=O) groups is 1. The van der Waals surface area contributed by atoms with Crippen molar-refractivity contribution < 1.29 is 9.90 Å². The maximum Gasteiger partial charge on any atom is 0.320 e. The van der Waals surface area contributed by atoms with Gasteiger partial charge in [0.15, 0.2) is 0 Å². The fourth-order valence-corrected chi connectivity index (χ4v) is 2.92. The quantitative estimate of drug-likeness (QED) is 0.926. The van der Waals surface area contributed by atoms with E-state index in [9.17, 15) is 9.90 Å². The number of nitrogens with zero attached hydrogens (tertiary/aromatic N) is 4. The highest BCUT2D eigenvalue weighted by Crippen LogP contribution is 2.24. The van der Waals surface area contributed by atoms with Crippen LogP contribution in [0.3, 0.4) is 0 Å². The van der Waals surface area contributed by atoms with Gasteiger partial charge in [0.25, 0.3) is 0 Å². The average Bonchev–Trinajstić information content (AvgIpc) is 3.11. The van der Waals surface area contributed by atoms with Crippen molar-refractivity contribution in [3.63, 3.8) is 0 Å². The third-order valence-corrected chi connectivity index (χ3v) is 4.46. The number of rotatable bonds is 4. The maximum absolute atomic E-state index is 11.2. The minimum absolute atomic E-state index is 0.435. The highest BCUT2D eigenvalue weighted by molar-refractivity contribution is 6.42. The molecule has 0 aliphatic carbocycles. The van der Waals surface area contributed by atoms with E-state index in [1.807, 2.05) is 4.90 Å². The standard InChI is InChI=1S/C14H14Cl2N4O2/c15-11-4-3-10(6-12(11)16)20-8-9(17-18-20)7-19-5-1-2-13(19)14(21)22/h3-4,6,8,13H,1-2,5,7H2,(H,21,22). The number of aliphatic carboxylic acids is 1. The molecule has 2 heterocycles. The first kappa shape index (κ1) is 15.3. The first-order valence-electron chi connectivity index (χ1n) is 6.88. The summed E-state index contributed by atoms with van der Waals surface area (Å²) in [6.07, 6.45) is 3.34. The van der Waals surface area contributed by atoms with Crippen molar-refractivity contribution in [3.05, 3.63) is 40.1 Å². The van der Waals surface area contributed by atoms with E-state index >= 15 is 0 Å². The van der Waals surface area contributed by atoms with Crippen LogP contribution < -0.4 is 0 Å². The molecule has 6 nitrogen and oxygen atoms in total. The number of carboxylic acid groups (broad SMARTS) is 1. The Balaban J connectivity index is 1.76. The SMILES string of the molecule is O=C(O)C1CCCN1Cc1cn(-c2ccc(Cl)c(Cl)c2)nn1. The van der Waals surface area contributed by atoms with Crippen LogP contribution in [0.1, 0.15) is 18.5 Å². The molecule has 3 rings (SSSR count). The molecule has 0 radical (unpaired) electrons. The van der Waals surface area contributed by atoms with E-state index in [0.717, 1.165) is 24.3 Å². The van der Waals surface area contributed by atoms with E-state index in [0.29, 0.717) is 23.0 Å². The second kappa shape index (κ2) is 6.24. The Morgan fingerprint density at radius 2 is 2.18 bits per heavy atom. The van der Waals surface area contributed by atoms with Gasteiger partial charge < -0.3 is 5.11 Å². The van der Waals surface area contributed by atoms with E-state index in [4.69, 9.17) is 23.2 Å². The highest BCUT2D eigenvalue weighted by Gasteiger charge is 2.30. The predicted octanol–water partition coefficient (Wildman–Crippen LogP) is 2.62. The average molecular weight is 341 g/mol. The van der Waals surface area contributed by atoms with E-state index in [2.05, 4.69) is 10.3 Å². The summed E-state index contributed by atoms with van der Waals surface area (Å²) in [5.41, 5.74) is 1.48. The molecule has 0 saturated carbocycles. The molecular formula is C14H14Cl2N4O2. The molecule has 1 unspecified atom stereocenters. The number of halogens is 2. The summed E-state index contributed by atoms with van der Waals surface area (Å²) in [6.45, 7) is 1.23. The van der Waals surface area contributed by atoms with Crippen molar-refractivity contribution in [2.75, 3.05) is 6.54 Å². The van der Waals surface area contributed by atoms with Gasteiger partial charge in [-0.05, 0) is 37.6 Å². The smallest absolute Gasteiger partial charge is 0.320 e. The van der Waals surface area contributed by atoms with Crippen molar-refractivity contribution in [2.45, 2.75) is 25.4 Å². The molecule has 1 atom stereocenters. The molecule has 8 heteroatoms. The van der Waals surface area contributed by atoms with Crippen LogP contribution in [-0.2, 0) is 11.3 Å². The molecule has 1 N–H and O–H groups in total. The van der Waals surface area contributed by atoms with Gasteiger partial charge in [0.05, 0.1) is 27.6 Å². The molecule has 0 bridgehead atoms. The lowest BCUT2D eigenvalue weighted by atomic mass is 10.2. The fourth-order valence-electron chi connectivity index (χ4n) is 2.63. The van der Waals surface area contributed by atoms with Gasteiger partial charge in [-0.25, -0.2) is 4.68 Å². The summed E-state index contributed by atoms with van der Waals surface area (Å²) < 4.78 is 1.60. The van der Waals surface area contributed by atoms with Gasteiger partial charge in [0, 0.05) is 6.54 Å². The van der Waals surface area contributed by atoms with E-state index < -0.39 is 12.0 Å². The summed E-state index contributed by atoms with van der Waals surface area (Å²) in [4.78, 5) is 13.1. The molecule has 1 fully saturated rings. The first-order valence-corrected chi connectivity index (χ1v) is 7.63. The zero-order chi connectivity index (χ0) is 15.7. The molecule has 1 aromatic heterocycles. The topological polar surface area (TPSA) is 71.2 Å². The van der Waals surface area contributed by atoms with Gasteiger partial charge in [-0.2, -0.15) is 0 Å². The third kappa shape index (κ3) is 3.09. The molecule has 1 aliphatic heterocycles. The van der Waals surface area contributed by atoms with Gasteiger partial charge in [-0.15, -0.1) is 5.10 Å².